The Hall–Kier alpha value is -2.55. The number of benzene rings is 2. The molecule has 0 unspecified atom stereocenters. The molecule has 0 N–H and O–H groups in total. The number of nitrogens with zero attached hydrogens (tertiary/aromatic N) is 2. The van der Waals surface area contributed by atoms with Gasteiger partial charge in [0.15, 0.2) is 0 Å². The molecule has 2 aromatic heterocycles. The molecule has 4 aromatic rings. The van der Waals surface area contributed by atoms with Crippen molar-refractivity contribution in [1.82, 2.24) is 4.57 Å². The summed E-state index contributed by atoms with van der Waals surface area (Å²) in [5, 5.41) is 0.831. The summed E-state index contributed by atoms with van der Waals surface area (Å²) in [4.78, 5) is 0. The van der Waals surface area contributed by atoms with Crippen molar-refractivity contribution in [3.8, 4) is 11.4 Å². The van der Waals surface area contributed by atoms with Crippen LogP contribution >= 0.6 is 0 Å². The van der Waals surface area contributed by atoms with Gasteiger partial charge in [0, 0.05) is 5.56 Å². The lowest BCUT2D eigenvalue weighted by Gasteiger charge is -1.94. The van der Waals surface area contributed by atoms with Crippen LogP contribution in [-0.4, -0.2) is 4.57 Å². The molecule has 5 rings (SSSR count). The molecule has 20 heavy (non-hydrogen) atoms. The van der Waals surface area contributed by atoms with E-state index in [0.29, 0.717) is 29.2 Å². The Morgan fingerprint density at radius 3 is 2.95 bits per heavy atom. The average molecular weight is 264 g/mol. The fourth-order valence-electron chi connectivity index (χ4n) is 3.20. The van der Waals surface area contributed by atoms with E-state index in [9.17, 15) is 0 Å². The van der Waals surface area contributed by atoms with Crippen molar-refractivity contribution in [2.75, 3.05) is 0 Å². The second kappa shape index (κ2) is 3.31. The summed E-state index contributed by atoms with van der Waals surface area (Å²) in [6.45, 7) is -1.65. The molecule has 0 fully saturated rings. The molecular formula is C17H13N2O+. The lowest BCUT2D eigenvalue weighted by molar-refractivity contribution is -0.652. The minimum atomic E-state index is -2.27. The Labute approximate surface area is 119 Å². The standard InChI is InChI=1S/C17H13N2O/c1-18-15-13-8-4-5-9-14(13)20-17(15)19-10-11-6-2-3-7-12(11)16(18)19/h2-9H,10H2,1H3/q+1/i1D3. The number of hydrogen-bond acceptors (Lipinski definition) is 1. The summed E-state index contributed by atoms with van der Waals surface area (Å²) in [6, 6.07) is 15.5. The highest BCUT2D eigenvalue weighted by Gasteiger charge is 2.35. The van der Waals surface area contributed by atoms with Crippen LogP contribution in [-0.2, 0) is 13.5 Å². The summed E-state index contributed by atoms with van der Waals surface area (Å²) >= 11 is 0. The molecule has 0 aliphatic carbocycles. The first kappa shape index (κ1) is 7.90. The van der Waals surface area contributed by atoms with E-state index in [2.05, 4.69) is 0 Å². The van der Waals surface area contributed by atoms with Gasteiger partial charge in [-0.3, -0.25) is 0 Å². The Bertz CT molecular complexity index is 1090. The number of para-hydroxylation sites is 1. The molecule has 0 amide bonds. The molecule has 2 aromatic carbocycles. The monoisotopic (exact) mass is 264 g/mol. The average Bonchev–Trinajstić information content (AvgIpc) is 3.13. The first-order valence-corrected chi connectivity index (χ1v) is 6.60. The zero-order chi connectivity index (χ0) is 15.8. The van der Waals surface area contributed by atoms with Crippen molar-refractivity contribution in [3.63, 3.8) is 0 Å². The van der Waals surface area contributed by atoms with E-state index in [1.807, 2.05) is 53.1 Å². The quantitative estimate of drug-likeness (QED) is 0.394. The lowest BCUT2D eigenvalue weighted by atomic mass is 10.1. The van der Waals surface area contributed by atoms with Crippen LogP contribution in [0.2, 0.25) is 0 Å². The molecule has 1 aliphatic heterocycles. The van der Waals surface area contributed by atoms with Crippen LogP contribution in [0.5, 0.6) is 0 Å². The summed E-state index contributed by atoms with van der Waals surface area (Å²) in [5.41, 5.74) is 4.04. The third kappa shape index (κ3) is 1.05. The molecule has 0 spiro atoms. The predicted octanol–water partition coefficient (Wildman–Crippen LogP) is 3.24. The zero-order valence-corrected chi connectivity index (χ0v) is 10.6. The number of hydrogen-bond donors (Lipinski definition) is 0. The van der Waals surface area contributed by atoms with Crippen LogP contribution in [0.15, 0.2) is 52.9 Å². The topological polar surface area (TPSA) is 21.9 Å². The first-order valence-electron chi connectivity index (χ1n) is 8.10. The molecular weight excluding hydrogens is 248 g/mol. The largest absolute Gasteiger partial charge is 0.419 e. The number of aryl methyl sites for hydroxylation is 1. The van der Waals surface area contributed by atoms with Gasteiger partial charge in [0.05, 0.1) is 22.0 Å². The molecule has 0 atom stereocenters. The number of imidazole rings is 1. The smallest absolute Gasteiger partial charge is 0.339 e. The molecule has 96 valence electrons. The SMILES string of the molecule is [2H]C([2H])([2H])n1c2[n+](c3oc4ccccc4c31)Cc1ccccc1-2. The highest BCUT2D eigenvalue weighted by atomic mass is 16.3. The highest BCUT2D eigenvalue weighted by Crippen LogP contribution is 2.34. The second-order valence-electron chi connectivity index (χ2n) is 5.15. The molecule has 3 heterocycles. The Balaban J connectivity index is 2.01. The van der Waals surface area contributed by atoms with Gasteiger partial charge in [0.1, 0.15) is 12.1 Å². The van der Waals surface area contributed by atoms with Crippen molar-refractivity contribution in [2.24, 2.45) is 6.98 Å². The van der Waals surface area contributed by atoms with Gasteiger partial charge in [0.25, 0.3) is 5.82 Å². The van der Waals surface area contributed by atoms with Crippen LogP contribution in [0.4, 0.5) is 0 Å². The third-order valence-corrected chi connectivity index (χ3v) is 4.07. The van der Waals surface area contributed by atoms with Gasteiger partial charge in [-0.15, -0.1) is 0 Å². The van der Waals surface area contributed by atoms with Crippen molar-refractivity contribution in [1.29, 1.82) is 0 Å². The lowest BCUT2D eigenvalue weighted by Crippen LogP contribution is -2.31. The number of furan rings is 1. The minimum absolute atomic E-state index is 0.619. The molecule has 3 nitrogen and oxygen atoms in total. The molecule has 0 radical (unpaired) electrons. The van der Waals surface area contributed by atoms with Crippen LogP contribution in [0.25, 0.3) is 33.6 Å². The van der Waals surface area contributed by atoms with E-state index in [-0.39, 0.29) is 0 Å². The Kier molecular flexibility index (Phi) is 1.31. The molecule has 3 heteroatoms. The fraction of sp³-hybridized carbons (Fsp3) is 0.118. The van der Waals surface area contributed by atoms with E-state index >= 15 is 0 Å². The summed E-state index contributed by atoms with van der Waals surface area (Å²) < 4.78 is 33.5. The Morgan fingerprint density at radius 2 is 2.00 bits per heavy atom. The maximum Gasteiger partial charge on any atom is 0.339 e. The number of aromatic nitrogens is 2. The number of rotatable bonds is 0. The van der Waals surface area contributed by atoms with E-state index in [4.69, 9.17) is 8.53 Å². The van der Waals surface area contributed by atoms with Crippen LogP contribution in [0.1, 0.15) is 9.68 Å². The first-order chi connectivity index (χ1) is 11.1. The molecule has 0 bridgehead atoms. The van der Waals surface area contributed by atoms with Gasteiger partial charge in [0.2, 0.25) is 5.52 Å². The van der Waals surface area contributed by atoms with E-state index < -0.39 is 6.98 Å². The van der Waals surface area contributed by atoms with Gasteiger partial charge in [-0.25, -0.2) is 4.57 Å². The van der Waals surface area contributed by atoms with Crippen molar-refractivity contribution >= 4 is 22.2 Å². The van der Waals surface area contributed by atoms with Crippen molar-refractivity contribution in [2.45, 2.75) is 6.54 Å². The fourth-order valence-corrected chi connectivity index (χ4v) is 3.20. The van der Waals surface area contributed by atoms with Crippen LogP contribution in [0, 0.1) is 0 Å². The van der Waals surface area contributed by atoms with Gasteiger partial charge < -0.3 is 4.42 Å². The molecule has 0 saturated carbocycles. The Morgan fingerprint density at radius 1 is 1.15 bits per heavy atom. The highest BCUT2D eigenvalue weighted by molar-refractivity contribution is 6.01. The maximum absolute atomic E-state index is 8.04. The van der Waals surface area contributed by atoms with Gasteiger partial charge >= 0.3 is 5.71 Å². The van der Waals surface area contributed by atoms with Crippen molar-refractivity contribution < 1.29 is 13.1 Å². The van der Waals surface area contributed by atoms with E-state index in [0.717, 1.165) is 16.5 Å². The van der Waals surface area contributed by atoms with Gasteiger partial charge in [-0.05, 0) is 18.2 Å². The molecule has 0 saturated heterocycles. The summed E-state index contributed by atoms with van der Waals surface area (Å²) in [5.74, 6) is 0.695. The van der Waals surface area contributed by atoms with Gasteiger partial charge in [-0.1, -0.05) is 30.3 Å². The van der Waals surface area contributed by atoms with Crippen LogP contribution < -0.4 is 4.57 Å². The van der Waals surface area contributed by atoms with Crippen LogP contribution in [0.3, 0.4) is 0 Å². The maximum atomic E-state index is 8.04. The third-order valence-electron chi connectivity index (χ3n) is 4.07. The van der Waals surface area contributed by atoms with Crippen molar-refractivity contribution in [3.05, 3.63) is 54.1 Å². The van der Waals surface area contributed by atoms with E-state index in [1.54, 1.807) is 0 Å². The van der Waals surface area contributed by atoms with Gasteiger partial charge in [-0.2, -0.15) is 4.57 Å². The normalized spacial score (nSPS) is 15.9. The van der Waals surface area contributed by atoms with E-state index in [1.165, 1.54) is 4.57 Å². The second-order valence-corrected chi connectivity index (χ2v) is 5.15. The predicted molar refractivity (Wildman–Crippen MR) is 77.4 cm³/mol. The number of fused-ring (bicyclic) bond motifs is 7. The summed E-state index contributed by atoms with van der Waals surface area (Å²) in [6.07, 6.45) is 0. The zero-order valence-electron chi connectivity index (χ0n) is 13.6. The minimum Gasteiger partial charge on any atom is -0.419 e. The molecule has 1 aliphatic rings. The summed E-state index contributed by atoms with van der Waals surface area (Å²) in [7, 11) is 0.